The Labute approximate surface area is 181 Å². The van der Waals surface area contributed by atoms with Crippen LogP contribution in [0.3, 0.4) is 0 Å². The van der Waals surface area contributed by atoms with Gasteiger partial charge in [-0.1, -0.05) is 48.5 Å². The topological polar surface area (TPSA) is 73.7 Å². The third kappa shape index (κ3) is 3.92. The minimum atomic E-state index is -0.698. The molecule has 2 heterocycles. The van der Waals surface area contributed by atoms with E-state index < -0.39 is 17.7 Å². The monoisotopic (exact) mass is 413 g/mol. The van der Waals surface area contributed by atoms with Gasteiger partial charge < -0.3 is 14.9 Å². The molecule has 6 heteroatoms. The minimum absolute atomic E-state index is 0.0951. The van der Waals surface area contributed by atoms with E-state index in [0.29, 0.717) is 5.56 Å². The highest BCUT2D eigenvalue weighted by atomic mass is 16.3. The Morgan fingerprint density at radius 1 is 1.00 bits per heavy atom. The van der Waals surface area contributed by atoms with E-state index in [9.17, 15) is 14.7 Å². The Hall–Kier alpha value is -3.93. The van der Waals surface area contributed by atoms with Crippen LogP contribution in [0.5, 0.6) is 0 Å². The number of Topliss-reactive ketones (excluding diaryl/α,β-unsaturated/α-hetero) is 1. The molecule has 6 nitrogen and oxygen atoms in total. The summed E-state index contributed by atoms with van der Waals surface area (Å²) < 4.78 is 0. The lowest BCUT2D eigenvalue weighted by atomic mass is 9.95. The van der Waals surface area contributed by atoms with E-state index in [-0.39, 0.29) is 17.9 Å². The van der Waals surface area contributed by atoms with E-state index in [1.165, 1.54) is 4.90 Å². The van der Waals surface area contributed by atoms with E-state index in [2.05, 4.69) is 4.98 Å². The molecule has 1 aliphatic heterocycles. The van der Waals surface area contributed by atoms with Gasteiger partial charge in [0, 0.05) is 44.3 Å². The number of aromatic nitrogens is 1. The largest absolute Gasteiger partial charge is 0.507 e. The maximum absolute atomic E-state index is 13.0. The van der Waals surface area contributed by atoms with Crippen LogP contribution in [0.4, 0.5) is 5.69 Å². The normalized spacial score (nSPS) is 17.7. The predicted octanol–water partition coefficient (Wildman–Crippen LogP) is 3.77. The van der Waals surface area contributed by atoms with Crippen LogP contribution in [0.15, 0.2) is 84.7 Å². The van der Waals surface area contributed by atoms with Crippen LogP contribution < -0.4 is 4.90 Å². The minimum Gasteiger partial charge on any atom is -0.507 e. The first kappa shape index (κ1) is 20.3. The van der Waals surface area contributed by atoms with Crippen LogP contribution in [0, 0.1) is 0 Å². The van der Waals surface area contributed by atoms with Crippen LogP contribution in [0.1, 0.15) is 22.7 Å². The van der Waals surface area contributed by atoms with Gasteiger partial charge in [0.1, 0.15) is 5.76 Å². The molecule has 31 heavy (non-hydrogen) atoms. The zero-order valence-electron chi connectivity index (χ0n) is 17.4. The summed E-state index contributed by atoms with van der Waals surface area (Å²) in [6, 6.07) is 19.4. The van der Waals surface area contributed by atoms with Crippen molar-refractivity contribution in [3.05, 3.63) is 101 Å². The molecule has 0 bridgehead atoms. The van der Waals surface area contributed by atoms with Gasteiger partial charge in [0.2, 0.25) is 0 Å². The van der Waals surface area contributed by atoms with Crippen LogP contribution in [0.2, 0.25) is 0 Å². The highest BCUT2D eigenvalue weighted by Crippen LogP contribution is 2.40. The molecule has 3 aromatic rings. The number of ketones is 1. The molecule has 1 unspecified atom stereocenters. The molecule has 0 spiro atoms. The second kappa shape index (κ2) is 8.44. The van der Waals surface area contributed by atoms with Crippen molar-refractivity contribution in [2.45, 2.75) is 12.6 Å². The second-order valence-corrected chi connectivity index (χ2v) is 7.64. The fraction of sp³-hybridized carbons (Fsp3) is 0.160. The predicted molar refractivity (Wildman–Crippen MR) is 119 cm³/mol. The SMILES string of the molecule is CN(C)c1ccc(C2/C(=C(/O)c3ccccc3)C(=O)C(=O)N2Cc2cccnc2)cc1. The fourth-order valence-electron chi connectivity index (χ4n) is 3.78. The molecule has 1 saturated heterocycles. The number of aliphatic hydroxyl groups is 1. The van der Waals surface area contributed by atoms with Crippen molar-refractivity contribution >= 4 is 23.1 Å². The van der Waals surface area contributed by atoms with Gasteiger partial charge in [-0.15, -0.1) is 0 Å². The molecule has 1 N–H and O–H groups in total. The highest BCUT2D eigenvalue weighted by Gasteiger charge is 2.46. The molecule has 0 radical (unpaired) electrons. The molecule has 4 rings (SSSR count). The first-order chi connectivity index (χ1) is 15.0. The summed E-state index contributed by atoms with van der Waals surface area (Å²) in [6.07, 6.45) is 3.33. The van der Waals surface area contributed by atoms with E-state index >= 15 is 0 Å². The average molecular weight is 413 g/mol. The third-order valence-electron chi connectivity index (χ3n) is 5.39. The zero-order chi connectivity index (χ0) is 22.0. The quantitative estimate of drug-likeness (QED) is 0.392. The standard InChI is InChI=1S/C25H23N3O3/c1-27(2)20-12-10-18(11-13-20)22-21(23(29)19-8-4-3-5-9-19)24(30)25(31)28(22)16-17-7-6-14-26-15-17/h3-15,22,29H,16H2,1-2H3/b23-21-. The number of pyridine rings is 1. The maximum atomic E-state index is 13.0. The van der Waals surface area contributed by atoms with E-state index in [1.807, 2.05) is 55.4 Å². The number of amides is 1. The number of aliphatic hydroxyl groups excluding tert-OH is 1. The van der Waals surface area contributed by atoms with Gasteiger partial charge in [-0.3, -0.25) is 14.6 Å². The average Bonchev–Trinajstić information content (AvgIpc) is 3.05. The number of hydrogen-bond donors (Lipinski definition) is 1. The number of rotatable bonds is 5. The van der Waals surface area contributed by atoms with E-state index in [4.69, 9.17) is 0 Å². The summed E-state index contributed by atoms with van der Waals surface area (Å²) in [7, 11) is 3.89. The number of carbonyl (C=O) groups is 2. The van der Waals surface area contributed by atoms with Crippen molar-refractivity contribution in [2.75, 3.05) is 19.0 Å². The lowest BCUT2D eigenvalue weighted by Crippen LogP contribution is -2.29. The summed E-state index contributed by atoms with van der Waals surface area (Å²) in [5.41, 5.74) is 3.15. The van der Waals surface area contributed by atoms with Crippen molar-refractivity contribution in [2.24, 2.45) is 0 Å². The summed E-state index contributed by atoms with van der Waals surface area (Å²) in [6.45, 7) is 0.212. The van der Waals surface area contributed by atoms with Crippen molar-refractivity contribution in [3.63, 3.8) is 0 Å². The molecule has 1 atom stereocenters. The van der Waals surface area contributed by atoms with Gasteiger partial charge in [0.15, 0.2) is 0 Å². The van der Waals surface area contributed by atoms with Crippen molar-refractivity contribution in [1.82, 2.24) is 9.88 Å². The lowest BCUT2D eigenvalue weighted by Gasteiger charge is -2.26. The van der Waals surface area contributed by atoms with Gasteiger partial charge in [-0.05, 0) is 29.3 Å². The maximum Gasteiger partial charge on any atom is 0.295 e. The summed E-state index contributed by atoms with van der Waals surface area (Å²) in [5.74, 6) is -1.50. The van der Waals surface area contributed by atoms with Crippen molar-refractivity contribution in [3.8, 4) is 0 Å². The van der Waals surface area contributed by atoms with Gasteiger partial charge in [-0.2, -0.15) is 0 Å². The molecule has 0 aliphatic carbocycles. The van der Waals surface area contributed by atoms with Gasteiger partial charge in [0.05, 0.1) is 11.6 Å². The molecule has 156 valence electrons. The van der Waals surface area contributed by atoms with Crippen LogP contribution in [-0.4, -0.2) is 40.8 Å². The first-order valence-corrected chi connectivity index (χ1v) is 9.97. The van der Waals surface area contributed by atoms with Gasteiger partial charge in [0.25, 0.3) is 11.7 Å². The Morgan fingerprint density at radius 3 is 2.32 bits per heavy atom. The zero-order valence-corrected chi connectivity index (χ0v) is 17.4. The number of hydrogen-bond acceptors (Lipinski definition) is 5. The summed E-state index contributed by atoms with van der Waals surface area (Å²) in [5, 5.41) is 11.0. The Bertz CT molecular complexity index is 1120. The summed E-state index contributed by atoms with van der Waals surface area (Å²) >= 11 is 0. The third-order valence-corrected chi connectivity index (χ3v) is 5.39. The van der Waals surface area contributed by atoms with E-state index in [1.54, 1.807) is 42.7 Å². The number of anilines is 1. The number of benzene rings is 2. The molecule has 0 saturated carbocycles. The lowest BCUT2D eigenvalue weighted by molar-refractivity contribution is -0.140. The Balaban J connectivity index is 1.84. The molecule has 1 aliphatic rings. The summed E-state index contributed by atoms with van der Waals surface area (Å²) in [4.78, 5) is 33.6. The number of carbonyl (C=O) groups excluding carboxylic acids is 2. The van der Waals surface area contributed by atoms with Gasteiger partial charge >= 0.3 is 0 Å². The van der Waals surface area contributed by atoms with Gasteiger partial charge in [-0.25, -0.2) is 0 Å². The van der Waals surface area contributed by atoms with E-state index in [0.717, 1.165) is 16.8 Å². The highest BCUT2D eigenvalue weighted by molar-refractivity contribution is 6.46. The molecular formula is C25H23N3O3. The number of likely N-dealkylation sites (tertiary alicyclic amines) is 1. The van der Waals surface area contributed by atoms with Crippen LogP contribution >= 0.6 is 0 Å². The molecule has 1 aromatic heterocycles. The molecular weight excluding hydrogens is 390 g/mol. The Kier molecular flexibility index (Phi) is 5.54. The second-order valence-electron chi connectivity index (χ2n) is 7.64. The van der Waals surface area contributed by atoms with Crippen molar-refractivity contribution in [1.29, 1.82) is 0 Å². The number of nitrogens with zero attached hydrogens (tertiary/aromatic N) is 3. The smallest absolute Gasteiger partial charge is 0.295 e. The fourth-order valence-corrected chi connectivity index (χ4v) is 3.78. The van der Waals surface area contributed by atoms with Crippen molar-refractivity contribution < 1.29 is 14.7 Å². The Morgan fingerprint density at radius 2 is 1.71 bits per heavy atom. The first-order valence-electron chi connectivity index (χ1n) is 9.97. The molecule has 2 aromatic carbocycles. The van der Waals surface area contributed by atoms with Crippen LogP contribution in [0.25, 0.3) is 5.76 Å². The van der Waals surface area contributed by atoms with Crippen LogP contribution in [-0.2, 0) is 16.1 Å². The molecule has 1 amide bonds. The molecule has 1 fully saturated rings.